The summed E-state index contributed by atoms with van der Waals surface area (Å²) >= 11 is 9.19. The number of amides is 1. The molecule has 0 aliphatic rings. The number of hydrogen-bond acceptors (Lipinski definition) is 6. The van der Waals surface area contributed by atoms with Crippen LogP contribution in [0.1, 0.15) is 31.8 Å². The van der Waals surface area contributed by atoms with Gasteiger partial charge in [-0.15, -0.1) is 0 Å². The van der Waals surface area contributed by atoms with Crippen LogP contribution in [-0.2, 0) is 10.0 Å². The van der Waals surface area contributed by atoms with Gasteiger partial charge in [-0.05, 0) is 85.8 Å². The van der Waals surface area contributed by atoms with Crippen molar-refractivity contribution >= 4 is 61.3 Å². The van der Waals surface area contributed by atoms with Gasteiger partial charge < -0.3 is 4.74 Å². The van der Waals surface area contributed by atoms with E-state index in [2.05, 4.69) is 31.2 Å². The standard InChI is InChI=1S/C28H21BrClN3O5S/c1-18-3-2-4-20(15-18)28(35)38-26-14-7-22(29)16-21(26)17-31-32-27(34)19-5-10-24(11-6-19)33-39(36,37)25-12-8-23(30)9-13-25/h2-17,33H,1H3,(H,32,34). The van der Waals surface area contributed by atoms with Gasteiger partial charge in [0, 0.05) is 26.3 Å². The van der Waals surface area contributed by atoms with E-state index < -0.39 is 21.9 Å². The number of hydrazone groups is 1. The Hall–Kier alpha value is -3.99. The summed E-state index contributed by atoms with van der Waals surface area (Å²) in [6.07, 6.45) is 1.36. The lowest BCUT2D eigenvalue weighted by Gasteiger charge is -2.09. The van der Waals surface area contributed by atoms with Crippen LogP contribution >= 0.6 is 27.5 Å². The number of halogens is 2. The van der Waals surface area contributed by atoms with Crippen LogP contribution < -0.4 is 14.9 Å². The summed E-state index contributed by atoms with van der Waals surface area (Å²) in [5.41, 5.74) is 4.73. The van der Waals surface area contributed by atoms with E-state index in [0.29, 0.717) is 16.1 Å². The molecule has 0 atom stereocenters. The number of nitrogens with one attached hydrogen (secondary N) is 2. The lowest BCUT2D eigenvalue weighted by atomic mass is 10.1. The van der Waals surface area contributed by atoms with Crippen molar-refractivity contribution < 1.29 is 22.7 Å². The van der Waals surface area contributed by atoms with Crippen molar-refractivity contribution in [2.45, 2.75) is 11.8 Å². The molecule has 1 amide bonds. The summed E-state index contributed by atoms with van der Waals surface area (Å²) in [6.45, 7) is 1.88. The zero-order chi connectivity index (χ0) is 28.0. The lowest BCUT2D eigenvalue weighted by molar-refractivity contribution is 0.0734. The fourth-order valence-electron chi connectivity index (χ4n) is 3.39. The first-order chi connectivity index (χ1) is 18.6. The third kappa shape index (κ3) is 7.53. The second-order valence-electron chi connectivity index (χ2n) is 8.28. The Balaban J connectivity index is 1.41. The highest BCUT2D eigenvalue weighted by Crippen LogP contribution is 2.23. The van der Waals surface area contributed by atoms with E-state index in [1.165, 1.54) is 54.7 Å². The van der Waals surface area contributed by atoms with Crippen molar-refractivity contribution in [1.29, 1.82) is 0 Å². The third-order valence-electron chi connectivity index (χ3n) is 5.32. The molecule has 0 heterocycles. The molecule has 4 aromatic carbocycles. The monoisotopic (exact) mass is 625 g/mol. The smallest absolute Gasteiger partial charge is 0.343 e. The molecule has 39 heavy (non-hydrogen) atoms. The summed E-state index contributed by atoms with van der Waals surface area (Å²) in [4.78, 5) is 25.2. The Morgan fingerprint density at radius 2 is 1.64 bits per heavy atom. The molecular formula is C28H21BrClN3O5S. The highest BCUT2D eigenvalue weighted by atomic mass is 79.9. The highest BCUT2D eigenvalue weighted by Gasteiger charge is 2.15. The van der Waals surface area contributed by atoms with E-state index >= 15 is 0 Å². The molecule has 0 bridgehead atoms. The molecule has 198 valence electrons. The number of carbonyl (C=O) groups excluding carboxylic acids is 2. The van der Waals surface area contributed by atoms with Gasteiger partial charge in [-0.2, -0.15) is 5.10 Å². The van der Waals surface area contributed by atoms with E-state index in [4.69, 9.17) is 16.3 Å². The summed E-state index contributed by atoms with van der Waals surface area (Å²) in [7, 11) is -3.82. The Morgan fingerprint density at radius 3 is 2.33 bits per heavy atom. The van der Waals surface area contributed by atoms with Crippen molar-refractivity contribution in [3.63, 3.8) is 0 Å². The predicted molar refractivity (Wildman–Crippen MR) is 154 cm³/mol. The number of nitrogens with zero attached hydrogens (tertiary/aromatic N) is 1. The maximum absolute atomic E-state index is 12.6. The number of esters is 1. The van der Waals surface area contributed by atoms with Crippen molar-refractivity contribution in [2.75, 3.05) is 4.72 Å². The van der Waals surface area contributed by atoms with Gasteiger partial charge in [0.15, 0.2) is 0 Å². The topological polar surface area (TPSA) is 114 Å². The van der Waals surface area contributed by atoms with Gasteiger partial charge in [0.25, 0.3) is 15.9 Å². The second-order valence-corrected chi connectivity index (χ2v) is 11.3. The van der Waals surface area contributed by atoms with E-state index in [-0.39, 0.29) is 21.9 Å². The number of sulfonamides is 1. The molecule has 0 saturated heterocycles. The van der Waals surface area contributed by atoms with Crippen LogP contribution in [0, 0.1) is 6.92 Å². The van der Waals surface area contributed by atoms with E-state index in [1.54, 1.807) is 36.4 Å². The fourth-order valence-corrected chi connectivity index (χ4v) is 4.95. The zero-order valence-corrected chi connectivity index (χ0v) is 23.5. The number of rotatable bonds is 8. The molecule has 4 aromatic rings. The number of hydrogen-bond donors (Lipinski definition) is 2. The van der Waals surface area contributed by atoms with E-state index in [0.717, 1.165) is 10.0 Å². The van der Waals surface area contributed by atoms with Gasteiger partial charge in [-0.25, -0.2) is 18.6 Å². The number of carbonyl (C=O) groups is 2. The van der Waals surface area contributed by atoms with Crippen molar-refractivity contribution in [3.05, 3.63) is 123 Å². The minimum Gasteiger partial charge on any atom is -0.422 e. The molecule has 0 aromatic heterocycles. The minimum atomic E-state index is -3.82. The quantitative estimate of drug-likeness (QED) is 0.105. The average Bonchev–Trinajstić information content (AvgIpc) is 2.90. The van der Waals surface area contributed by atoms with Gasteiger partial charge in [-0.1, -0.05) is 45.2 Å². The van der Waals surface area contributed by atoms with Crippen LogP contribution in [0.4, 0.5) is 5.69 Å². The first-order valence-electron chi connectivity index (χ1n) is 11.4. The molecule has 8 nitrogen and oxygen atoms in total. The van der Waals surface area contributed by atoms with Crippen molar-refractivity contribution in [3.8, 4) is 5.75 Å². The number of anilines is 1. The lowest BCUT2D eigenvalue weighted by Crippen LogP contribution is -2.18. The summed E-state index contributed by atoms with van der Waals surface area (Å²) < 4.78 is 33.8. The van der Waals surface area contributed by atoms with Crippen LogP contribution in [0.25, 0.3) is 0 Å². The average molecular weight is 627 g/mol. The van der Waals surface area contributed by atoms with Gasteiger partial charge in [0.2, 0.25) is 0 Å². The molecule has 11 heteroatoms. The normalized spacial score (nSPS) is 11.3. The maximum Gasteiger partial charge on any atom is 0.343 e. The molecule has 0 unspecified atom stereocenters. The van der Waals surface area contributed by atoms with Gasteiger partial charge in [-0.3, -0.25) is 9.52 Å². The molecule has 0 spiro atoms. The Labute approximate surface area is 238 Å². The van der Waals surface area contributed by atoms with Crippen molar-refractivity contribution in [1.82, 2.24) is 5.43 Å². The molecule has 0 saturated carbocycles. The number of ether oxygens (including phenoxy) is 1. The second kappa shape index (κ2) is 12.2. The molecule has 2 N–H and O–H groups in total. The SMILES string of the molecule is Cc1cccc(C(=O)Oc2ccc(Br)cc2C=NNC(=O)c2ccc(NS(=O)(=O)c3ccc(Cl)cc3)cc2)c1. The fraction of sp³-hybridized carbons (Fsp3) is 0.0357. The highest BCUT2D eigenvalue weighted by molar-refractivity contribution is 9.10. The van der Waals surface area contributed by atoms with Gasteiger partial charge >= 0.3 is 5.97 Å². The minimum absolute atomic E-state index is 0.0551. The largest absolute Gasteiger partial charge is 0.422 e. The molecule has 4 rings (SSSR count). The molecule has 0 radical (unpaired) electrons. The Kier molecular flexibility index (Phi) is 8.80. The van der Waals surface area contributed by atoms with Crippen LogP contribution in [0.15, 0.2) is 105 Å². The van der Waals surface area contributed by atoms with Crippen molar-refractivity contribution in [2.24, 2.45) is 5.10 Å². The number of benzene rings is 4. The van der Waals surface area contributed by atoms with Crippen LogP contribution in [0.3, 0.4) is 0 Å². The summed E-state index contributed by atoms with van der Waals surface area (Å²) in [6, 6.07) is 23.7. The van der Waals surface area contributed by atoms with Crippen LogP contribution in [0.2, 0.25) is 5.02 Å². The summed E-state index contributed by atoms with van der Waals surface area (Å²) in [5.74, 6) is -0.779. The molecule has 0 aliphatic carbocycles. The summed E-state index contributed by atoms with van der Waals surface area (Å²) in [5, 5.41) is 4.41. The maximum atomic E-state index is 12.6. The van der Waals surface area contributed by atoms with E-state index in [1.807, 2.05) is 13.0 Å². The molecular weight excluding hydrogens is 606 g/mol. The Morgan fingerprint density at radius 1 is 0.923 bits per heavy atom. The first kappa shape index (κ1) is 28.0. The predicted octanol–water partition coefficient (Wildman–Crippen LogP) is 6.19. The number of aryl methyl sites for hydroxylation is 1. The Bertz CT molecular complexity index is 1660. The first-order valence-corrected chi connectivity index (χ1v) is 14.1. The molecule has 0 aliphatic heterocycles. The van der Waals surface area contributed by atoms with Crippen LogP contribution in [0.5, 0.6) is 5.75 Å². The van der Waals surface area contributed by atoms with Crippen LogP contribution in [-0.4, -0.2) is 26.5 Å². The molecule has 0 fully saturated rings. The van der Waals surface area contributed by atoms with Gasteiger partial charge in [0.1, 0.15) is 5.75 Å². The third-order valence-corrected chi connectivity index (χ3v) is 7.46. The zero-order valence-electron chi connectivity index (χ0n) is 20.4. The van der Waals surface area contributed by atoms with Gasteiger partial charge in [0.05, 0.1) is 16.7 Å². The van der Waals surface area contributed by atoms with E-state index in [9.17, 15) is 18.0 Å².